The minimum absolute atomic E-state index is 1.10. The standard InChI is InChI=1S/C13H10.C4HF9/c1-3-7-12-10(5-1)9-11-6-2-4-8-13(11)12;5-1(6)2(7,8)3(9,10)4(11,12)13/h1-8H,9H2;1H. The number of halogens is 9. The van der Waals surface area contributed by atoms with Crippen LogP contribution in [0.15, 0.2) is 48.5 Å². The van der Waals surface area contributed by atoms with E-state index >= 15 is 0 Å². The number of alkyl halides is 9. The molecule has 0 unspecified atom stereocenters. The molecule has 0 radical (unpaired) electrons. The summed E-state index contributed by atoms with van der Waals surface area (Å²) in [6.07, 6.45) is -10.7. The summed E-state index contributed by atoms with van der Waals surface area (Å²) >= 11 is 0. The number of benzene rings is 2. The predicted molar refractivity (Wildman–Crippen MR) is 76.6 cm³/mol. The summed E-state index contributed by atoms with van der Waals surface area (Å²) in [6.45, 7) is 0. The van der Waals surface area contributed by atoms with E-state index < -0.39 is 24.4 Å². The quantitative estimate of drug-likeness (QED) is 0.451. The molecule has 0 bridgehead atoms. The van der Waals surface area contributed by atoms with Crippen LogP contribution in [0.3, 0.4) is 0 Å². The first-order chi connectivity index (χ1) is 11.9. The minimum Gasteiger partial charge on any atom is -0.203 e. The second-order valence-electron chi connectivity index (χ2n) is 5.49. The van der Waals surface area contributed by atoms with E-state index in [0.717, 1.165) is 6.42 Å². The van der Waals surface area contributed by atoms with Crippen molar-refractivity contribution in [3.63, 3.8) is 0 Å². The monoisotopic (exact) mass is 386 g/mol. The average molecular weight is 386 g/mol. The third kappa shape index (κ3) is 3.52. The summed E-state index contributed by atoms with van der Waals surface area (Å²) in [5.74, 6) is -13.1. The summed E-state index contributed by atoms with van der Waals surface area (Å²) < 4.78 is 102. The van der Waals surface area contributed by atoms with E-state index in [4.69, 9.17) is 0 Å². The van der Waals surface area contributed by atoms with Gasteiger partial charge in [0.05, 0.1) is 0 Å². The maximum absolute atomic E-state index is 11.6. The van der Waals surface area contributed by atoms with Gasteiger partial charge in [-0.1, -0.05) is 48.5 Å². The van der Waals surface area contributed by atoms with Gasteiger partial charge in [0, 0.05) is 0 Å². The van der Waals surface area contributed by atoms with E-state index in [1.807, 2.05) is 0 Å². The smallest absolute Gasteiger partial charge is 0.203 e. The number of hydrogen-bond acceptors (Lipinski definition) is 0. The maximum Gasteiger partial charge on any atom is 0.460 e. The van der Waals surface area contributed by atoms with Gasteiger partial charge in [-0.25, -0.2) is 8.78 Å². The Morgan fingerprint density at radius 3 is 1.35 bits per heavy atom. The van der Waals surface area contributed by atoms with Gasteiger partial charge in [-0.05, 0) is 28.7 Å². The van der Waals surface area contributed by atoms with Gasteiger partial charge < -0.3 is 0 Å². The molecule has 2 aromatic rings. The fourth-order valence-electron chi connectivity index (χ4n) is 2.41. The molecule has 0 N–H and O–H groups in total. The average Bonchev–Trinajstić information content (AvgIpc) is 2.92. The predicted octanol–water partition coefficient (Wildman–Crippen LogP) is 6.34. The number of rotatable bonds is 2. The molecule has 0 atom stereocenters. The van der Waals surface area contributed by atoms with Crippen LogP contribution in [0.4, 0.5) is 39.5 Å². The van der Waals surface area contributed by atoms with Crippen LogP contribution in [0.1, 0.15) is 11.1 Å². The first kappa shape index (κ1) is 20.1. The molecule has 142 valence electrons. The van der Waals surface area contributed by atoms with Crippen LogP contribution in [0, 0.1) is 0 Å². The van der Waals surface area contributed by atoms with Gasteiger partial charge in [-0.15, -0.1) is 0 Å². The zero-order chi connectivity index (χ0) is 19.8. The molecule has 3 rings (SSSR count). The van der Waals surface area contributed by atoms with E-state index in [-0.39, 0.29) is 0 Å². The summed E-state index contributed by atoms with van der Waals surface area (Å²) in [7, 11) is 0. The Hall–Kier alpha value is -2.19. The van der Waals surface area contributed by atoms with Crippen LogP contribution in [-0.2, 0) is 6.42 Å². The first-order valence-electron chi connectivity index (χ1n) is 7.16. The van der Waals surface area contributed by atoms with Gasteiger partial charge in [-0.2, -0.15) is 30.7 Å². The van der Waals surface area contributed by atoms with Crippen molar-refractivity contribution in [1.82, 2.24) is 0 Å². The molecule has 0 amide bonds. The van der Waals surface area contributed by atoms with E-state index in [2.05, 4.69) is 48.5 Å². The molecule has 9 heteroatoms. The van der Waals surface area contributed by atoms with E-state index in [0.29, 0.717) is 0 Å². The molecule has 1 aliphatic carbocycles. The van der Waals surface area contributed by atoms with Crippen molar-refractivity contribution >= 4 is 0 Å². The highest BCUT2D eigenvalue weighted by atomic mass is 19.4. The normalized spacial score (nSPS) is 13.8. The highest BCUT2D eigenvalue weighted by molar-refractivity contribution is 5.76. The molecular weight excluding hydrogens is 375 g/mol. The highest BCUT2D eigenvalue weighted by Crippen LogP contribution is 2.48. The van der Waals surface area contributed by atoms with Crippen molar-refractivity contribution in [2.24, 2.45) is 0 Å². The molecule has 0 nitrogen and oxygen atoms in total. The molecule has 0 saturated carbocycles. The van der Waals surface area contributed by atoms with Gasteiger partial charge in [0.1, 0.15) is 0 Å². The molecule has 0 spiro atoms. The fourth-order valence-corrected chi connectivity index (χ4v) is 2.41. The van der Waals surface area contributed by atoms with Gasteiger partial charge in [-0.3, -0.25) is 0 Å². The lowest BCUT2D eigenvalue weighted by Gasteiger charge is -2.27. The molecule has 1 aliphatic rings. The van der Waals surface area contributed by atoms with Crippen LogP contribution in [0.25, 0.3) is 11.1 Å². The SMILES string of the molecule is FC(F)C(F)(F)C(F)(F)C(F)(F)F.c1ccc2c(c1)Cc1ccccc1-2. The molecule has 0 saturated heterocycles. The van der Waals surface area contributed by atoms with Gasteiger partial charge in [0.15, 0.2) is 0 Å². The Morgan fingerprint density at radius 1 is 0.654 bits per heavy atom. The topological polar surface area (TPSA) is 0 Å². The van der Waals surface area contributed by atoms with Crippen molar-refractivity contribution in [2.45, 2.75) is 30.9 Å². The second-order valence-corrected chi connectivity index (χ2v) is 5.49. The van der Waals surface area contributed by atoms with Gasteiger partial charge in [0.25, 0.3) is 0 Å². The number of fused-ring (bicyclic) bond motifs is 3. The molecule has 0 aromatic heterocycles. The van der Waals surface area contributed by atoms with Gasteiger partial charge >= 0.3 is 24.4 Å². The first-order valence-corrected chi connectivity index (χ1v) is 7.16. The van der Waals surface area contributed by atoms with Gasteiger partial charge in [0.2, 0.25) is 0 Å². The third-order valence-corrected chi connectivity index (χ3v) is 3.75. The second kappa shape index (κ2) is 6.85. The van der Waals surface area contributed by atoms with Crippen LogP contribution in [0.5, 0.6) is 0 Å². The Kier molecular flexibility index (Phi) is 5.30. The summed E-state index contributed by atoms with van der Waals surface area (Å²) in [5, 5.41) is 0. The molecule has 26 heavy (non-hydrogen) atoms. The summed E-state index contributed by atoms with van der Waals surface area (Å²) in [6, 6.07) is 17.3. The molecular formula is C17H11F9. The van der Waals surface area contributed by atoms with Crippen molar-refractivity contribution < 1.29 is 39.5 Å². The van der Waals surface area contributed by atoms with Crippen LogP contribution < -0.4 is 0 Å². The van der Waals surface area contributed by atoms with Crippen LogP contribution >= 0.6 is 0 Å². The van der Waals surface area contributed by atoms with Crippen molar-refractivity contribution in [3.8, 4) is 11.1 Å². The van der Waals surface area contributed by atoms with E-state index in [1.165, 1.54) is 22.3 Å². The van der Waals surface area contributed by atoms with Crippen molar-refractivity contribution in [2.75, 3.05) is 0 Å². The molecule has 2 aromatic carbocycles. The fraction of sp³-hybridized carbons (Fsp3) is 0.294. The zero-order valence-electron chi connectivity index (χ0n) is 12.8. The molecule has 0 fully saturated rings. The zero-order valence-corrected chi connectivity index (χ0v) is 12.8. The summed E-state index contributed by atoms with van der Waals surface area (Å²) in [5.41, 5.74) is 5.75. The molecule has 0 aliphatic heterocycles. The van der Waals surface area contributed by atoms with E-state index in [1.54, 1.807) is 0 Å². The highest BCUT2D eigenvalue weighted by Gasteiger charge is 2.76. The third-order valence-electron chi connectivity index (χ3n) is 3.75. The Labute approximate surface area is 142 Å². The van der Waals surface area contributed by atoms with E-state index in [9.17, 15) is 39.5 Å². The molecule has 0 heterocycles. The lowest BCUT2D eigenvalue weighted by Crippen LogP contribution is -2.55. The van der Waals surface area contributed by atoms with Crippen LogP contribution in [0.2, 0.25) is 0 Å². The lowest BCUT2D eigenvalue weighted by molar-refractivity contribution is -0.375. The van der Waals surface area contributed by atoms with Crippen molar-refractivity contribution in [3.05, 3.63) is 59.7 Å². The van der Waals surface area contributed by atoms with Crippen molar-refractivity contribution in [1.29, 1.82) is 0 Å². The lowest BCUT2D eigenvalue weighted by atomic mass is 10.1. The Morgan fingerprint density at radius 2 is 1.04 bits per heavy atom. The maximum atomic E-state index is 11.6. The number of hydrogen-bond donors (Lipinski definition) is 0. The Balaban J connectivity index is 0.000000187. The largest absolute Gasteiger partial charge is 0.460 e. The van der Waals surface area contributed by atoms with Crippen LogP contribution in [-0.4, -0.2) is 24.4 Å². The minimum atomic E-state index is -6.73. The Bertz CT molecular complexity index is 719. The summed E-state index contributed by atoms with van der Waals surface area (Å²) in [4.78, 5) is 0.